The molecule has 1 fully saturated rings. The van der Waals surface area contributed by atoms with E-state index in [1.807, 2.05) is 68.4 Å². The summed E-state index contributed by atoms with van der Waals surface area (Å²) in [5.41, 5.74) is 5.08. The number of likely N-dealkylation sites (tertiary alicyclic amines) is 1. The van der Waals surface area contributed by atoms with Gasteiger partial charge in [-0.2, -0.15) is 0 Å². The van der Waals surface area contributed by atoms with E-state index in [0.29, 0.717) is 25.4 Å². The van der Waals surface area contributed by atoms with E-state index in [1.165, 1.54) is 0 Å². The quantitative estimate of drug-likeness (QED) is 0.538. The van der Waals surface area contributed by atoms with Crippen molar-refractivity contribution in [3.05, 3.63) is 94.7 Å². The molecule has 1 aromatic heterocycles. The van der Waals surface area contributed by atoms with Crippen molar-refractivity contribution in [1.82, 2.24) is 20.5 Å². The van der Waals surface area contributed by atoms with Gasteiger partial charge in [-0.3, -0.25) is 4.79 Å². The molecule has 2 aromatic carbocycles. The largest absolute Gasteiger partial charge is 0.481 e. The SMILES string of the molecule is COc1ccc(C(NC(=O)[C@H]2CCCN2C(=O)NCc2ccccc2C)c2ccccc2C)cn1. The van der Waals surface area contributed by atoms with E-state index in [1.54, 1.807) is 24.3 Å². The second-order valence-electron chi connectivity index (χ2n) is 8.87. The number of benzene rings is 2. The highest BCUT2D eigenvalue weighted by molar-refractivity contribution is 5.88. The van der Waals surface area contributed by atoms with Crippen molar-refractivity contribution in [2.75, 3.05) is 13.7 Å². The maximum Gasteiger partial charge on any atom is 0.318 e. The molecule has 1 aliphatic heterocycles. The topological polar surface area (TPSA) is 83.6 Å². The summed E-state index contributed by atoms with van der Waals surface area (Å²) in [6.45, 7) is 5.02. The average Bonchev–Trinajstić information content (AvgIpc) is 3.38. The standard InChI is InChI=1S/C28H32N4O3/c1-19-9-4-6-11-21(19)17-30-28(34)32-16-8-13-24(32)27(33)31-26(23-12-7-5-10-20(23)2)22-14-15-25(35-3)29-18-22/h4-7,9-12,14-15,18,24,26H,8,13,16-17H2,1-3H3,(H,30,34)(H,31,33)/t24-,26?/m1/s1. The Hall–Kier alpha value is -3.87. The lowest BCUT2D eigenvalue weighted by Gasteiger charge is -2.28. The van der Waals surface area contributed by atoms with Gasteiger partial charge in [-0.1, -0.05) is 48.5 Å². The number of carbonyl (C=O) groups is 2. The van der Waals surface area contributed by atoms with E-state index in [9.17, 15) is 9.59 Å². The van der Waals surface area contributed by atoms with Gasteiger partial charge in [0, 0.05) is 25.4 Å². The number of urea groups is 1. The van der Waals surface area contributed by atoms with Gasteiger partial charge in [-0.25, -0.2) is 9.78 Å². The zero-order chi connectivity index (χ0) is 24.8. The van der Waals surface area contributed by atoms with Gasteiger partial charge in [0.25, 0.3) is 0 Å². The number of hydrogen-bond acceptors (Lipinski definition) is 4. The van der Waals surface area contributed by atoms with Gasteiger partial charge in [-0.05, 0) is 60.6 Å². The summed E-state index contributed by atoms with van der Waals surface area (Å²) in [5, 5.41) is 6.18. The van der Waals surface area contributed by atoms with Crippen molar-refractivity contribution < 1.29 is 14.3 Å². The predicted molar refractivity (Wildman–Crippen MR) is 135 cm³/mol. The van der Waals surface area contributed by atoms with Crippen molar-refractivity contribution >= 4 is 11.9 Å². The molecule has 0 aliphatic carbocycles. The average molecular weight is 473 g/mol. The van der Waals surface area contributed by atoms with Gasteiger partial charge in [-0.15, -0.1) is 0 Å². The van der Waals surface area contributed by atoms with Crippen LogP contribution >= 0.6 is 0 Å². The van der Waals surface area contributed by atoms with Crippen LogP contribution in [0.3, 0.4) is 0 Å². The van der Waals surface area contributed by atoms with Gasteiger partial charge in [0.1, 0.15) is 6.04 Å². The molecule has 3 aromatic rings. The van der Waals surface area contributed by atoms with Crippen LogP contribution in [0.5, 0.6) is 5.88 Å². The predicted octanol–water partition coefficient (Wildman–Crippen LogP) is 4.29. The third-order valence-electron chi connectivity index (χ3n) is 6.60. The van der Waals surface area contributed by atoms with E-state index in [0.717, 1.165) is 34.2 Å². The van der Waals surface area contributed by atoms with Crippen LogP contribution in [0.4, 0.5) is 4.79 Å². The summed E-state index contributed by atoms with van der Waals surface area (Å²) in [4.78, 5) is 32.5. The summed E-state index contributed by atoms with van der Waals surface area (Å²) in [6, 6.07) is 18.5. The highest BCUT2D eigenvalue weighted by atomic mass is 16.5. The number of hydrogen-bond donors (Lipinski definition) is 2. The Bertz CT molecular complexity index is 1180. The Kier molecular flexibility index (Phi) is 7.65. The van der Waals surface area contributed by atoms with E-state index in [4.69, 9.17) is 4.74 Å². The zero-order valence-corrected chi connectivity index (χ0v) is 20.5. The molecular weight excluding hydrogens is 440 g/mol. The number of carbonyl (C=O) groups excluding carboxylic acids is 2. The zero-order valence-electron chi connectivity index (χ0n) is 20.5. The van der Waals surface area contributed by atoms with Gasteiger partial charge >= 0.3 is 6.03 Å². The lowest BCUT2D eigenvalue weighted by atomic mass is 9.95. The van der Waals surface area contributed by atoms with Crippen LogP contribution in [0.1, 0.15) is 46.7 Å². The first-order chi connectivity index (χ1) is 17.0. The molecule has 0 bridgehead atoms. The minimum absolute atomic E-state index is 0.169. The molecule has 0 spiro atoms. The number of methoxy groups -OCH3 is 1. The van der Waals surface area contributed by atoms with Gasteiger partial charge in [0.2, 0.25) is 11.8 Å². The molecule has 2 heterocycles. The first-order valence-electron chi connectivity index (χ1n) is 11.9. The molecule has 35 heavy (non-hydrogen) atoms. The second-order valence-corrected chi connectivity index (χ2v) is 8.87. The number of ether oxygens (including phenoxy) is 1. The third-order valence-corrected chi connectivity index (χ3v) is 6.60. The molecule has 7 heteroatoms. The first kappa shape index (κ1) is 24.3. The molecule has 0 radical (unpaired) electrons. The molecule has 1 unspecified atom stereocenters. The number of aryl methyl sites for hydroxylation is 2. The fourth-order valence-electron chi connectivity index (χ4n) is 4.54. The second kappa shape index (κ2) is 11.0. The molecule has 2 N–H and O–H groups in total. The van der Waals surface area contributed by atoms with Crippen molar-refractivity contribution in [3.63, 3.8) is 0 Å². The number of nitrogens with one attached hydrogen (secondary N) is 2. The fraction of sp³-hybridized carbons (Fsp3) is 0.321. The number of amides is 3. The summed E-state index contributed by atoms with van der Waals surface area (Å²) in [7, 11) is 1.57. The molecule has 182 valence electrons. The molecule has 1 saturated heterocycles. The molecule has 4 rings (SSSR count). The number of pyridine rings is 1. The van der Waals surface area contributed by atoms with E-state index >= 15 is 0 Å². The lowest BCUT2D eigenvalue weighted by molar-refractivity contribution is -0.125. The van der Waals surface area contributed by atoms with E-state index < -0.39 is 6.04 Å². The molecule has 3 amide bonds. The van der Waals surface area contributed by atoms with Gasteiger partial charge in [0.15, 0.2) is 0 Å². The monoisotopic (exact) mass is 472 g/mol. The Labute approximate surface area is 206 Å². The van der Waals surface area contributed by atoms with Crippen LogP contribution in [0.2, 0.25) is 0 Å². The van der Waals surface area contributed by atoms with Gasteiger partial charge < -0.3 is 20.3 Å². The number of nitrogens with zero attached hydrogens (tertiary/aromatic N) is 2. The minimum Gasteiger partial charge on any atom is -0.481 e. The molecular formula is C28H32N4O3. The summed E-state index contributed by atoms with van der Waals surface area (Å²) in [5.74, 6) is 0.341. The molecule has 0 saturated carbocycles. The maximum absolute atomic E-state index is 13.5. The normalized spacial score (nSPS) is 16.0. The number of aromatic nitrogens is 1. The van der Waals surface area contributed by atoms with Crippen molar-refractivity contribution in [2.24, 2.45) is 0 Å². The van der Waals surface area contributed by atoms with Crippen molar-refractivity contribution in [1.29, 1.82) is 0 Å². The smallest absolute Gasteiger partial charge is 0.318 e. The number of rotatable bonds is 7. The summed E-state index contributed by atoms with van der Waals surface area (Å²) >= 11 is 0. The summed E-state index contributed by atoms with van der Waals surface area (Å²) in [6.07, 6.45) is 3.14. The Morgan fingerprint density at radius 2 is 1.80 bits per heavy atom. The minimum atomic E-state index is -0.524. The molecule has 7 nitrogen and oxygen atoms in total. The van der Waals surface area contributed by atoms with E-state index in [-0.39, 0.29) is 18.0 Å². The van der Waals surface area contributed by atoms with Crippen LogP contribution in [-0.2, 0) is 11.3 Å². The van der Waals surface area contributed by atoms with E-state index in [2.05, 4.69) is 15.6 Å². The van der Waals surface area contributed by atoms with Crippen molar-refractivity contribution in [3.8, 4) is 5.88 Å². The fourth-order valence-corrected chi connectivity index (χ4v) is 4.54. The molecule has 2 atom stereocenters. The molecule has 1 aliphatic rings. The Morgan fingerprint density at radius 3 is 2.49 bits per heavy atom. The van der Waals surface area contributed by atoms with Crippen molar-refractivity contribution in [2.45, 2.75) is 45.3 Å². The maximum atomic E-state index is 13.5. The third kappa shape index (κ3) is 5.62. The highest BCUT2D eigenvalue weighted by Gasteiger charge is 2.35. The van der Waals surface area contributed by atoms with Crippen LogP contribution in [0.15, 0.2) is 66.9 Å². The van der Waals surface area contributed by atoms with Gasteiger partial charge in [0.05, 0.1) is 13.2 Å². The summed E-state index contributed by atoms with van der Waals surface area (Å²) < 4.78 is 5.19. The Morgan fingerprint density at radius 1 is 1.06 bits per heavy atom. The van der Waals surface area contributed by atoms with Crippen LogP contribution in [-0.4, -0.2) is 41.5 Å². The Balaban J connectivity index is 1.50. The van der Waals surface area contributed by atoms with Crippen LogP contribution < -0.4 is 15.4 Å². The van der Waals surface area contributed by atoms with Crippen LogP contribution in [0, 0.1) is 13.8 Å². The van der Waals surface area contributed by atoms with Crippen LogP contribution in [0.25, 0.3) is 0 Å². The first-order valence-corrected chi connectivity index (χ1v) is 11.9. The lowest BCUT2D eigenvalue weighted by Crippen LogP contribution is -2.50. The highest BCUT2D eigenvalue weighted by Crippen LogP contribution is 2.27.